The number of ether oxygens (including phenoxy) is 2. The van der Waals surface area contributed by atoms with Gasteiger partial charge in [-0.2, -0.15) is 0 Å². The number of hydrogen-bond acceptors (Lipinski definition) is 3. The Morgan fingerprint density at radius 1 is 1.00 bits per heavy atom. The monoisotopic (exact) mass is 391 g/mol. The van der Waals surface area contributed by atoms with Crippen molar-refractivity contribution < 1.29 is 14.3 Å². The van der Waals surface area contributed by atoms with Crippen LogP contribution >= 0.6 is 15.9 Å². The highest BCUT2D eigenvalue weighted by atomic mass is 79.9. The maximum atomic E-state index is 12.3. The van der Waals surface area contributed by atoms with Gasteiger partial charge in [0.2, 0.25) is 5.91 Å². The standard InChI is InChI=1S/C19H22BrNO3/c1-21(13-15-4-8-16(20)9-5-15)19(22)11-7-14-6-10-17(23-2)18(12-14)24-3/h4-6,8-10,12H,7,11,13H2,1-3H3. The minimum absolute atomic E-state index is 0.118. The molecule has 2 rings (SSSR count). The number of methoxy groups -OCH3 is 2. The summed E-state index contributed by atoms with van der Waals surface area (Å²) < 4.78 is 11.6. The molecule has 0 saturated heterocycles. The van der Waals surface area contributed by atoms with Gasteiger partial charge in [-0.15, -0.1) is 0 Å². The van der Waals surface area contributed by atoms with Crippen LogP contribution in [-0.4, -0.2) is 32.1 Å². The number of halogens is 1. The van der Waals surface area contributed by atoms with Crippen LogP contribution < -0.4 is 9.47 Å². The molecule has 0 aliphatic rings. The third-order valence-corrected chi connectivity index (χ3v) is 4.36. The first-order valence-corrected chi connectivity index (χ1v) is 8.52. The molecule has 2 aromatic carbocycles. The van der Waals surface area contributed by atoms with Gasteiger partial charge in [0.15, 0.2) is 11.5 Å². The van der Waals surface area contributed by atoms with E-state index in [2.05, 4.69) is 15.9 Å². The van der Waals surface area contributed by atoms with E-state index in [1.165, 1.54) is 0 Å². The number of amides is 1. The third kappa shape index (κ3) is 4.99. The summed E-state index contributed by atoms with van der Waals surface area (Å²) in [5, 5.41) is 0. The number of nitrogens with zero attached hydrogens (tertiary/aromatic N) is 1. The van der Waals surface area contributed by atoms with Crippen LogP contribution in [0, 0.1) is 0 Å². The Bertz CT molecular complexity index is 686. The van der Waals surface area contributed by atoms with Crippen molar-refractivity contribution in [1.82, 2.24) is 4.90 Å². The first-order valence-electron chi connectivity index (χ1n) is 7.72. The molecule has 0 spiro atoms. The quantitative estimate of drug-likeness (QED) is 0.714. The second-order valence-electron chi connectivity index (χ2n) is 5.57. The lowest BCUT2D eigenvalue weighted by Gasteiger charge is -2.17. The van der Waals surface area contributed by atoms with Crippen molar-refractivity contribution in [1.29, 1.82) is 0 Å². The van der Waals surface area contributed by atoms with Gasteiger partial charge in [0.05, 0.1) is 14.2 Å². The fourth-order valence-electron chi connectivity index (χ4n) is 2.43. The van der Waals surface area contributed by atoms with Gasteiger partial charge < -0.3 is 14.4 Å². The summed E-state index contributed by atoms with van der Waals surface area (Å²) in [6, 6.07) is 13.7. The lowest BCUT2D eigenvalue weighted by atomic mass is 10.1. The molecule has 4 nitrogen and oxygen atoms in total. The molecule has 0 aliphatic heterocycles. The lowest BCUT2D eigenvalue weighted by Crippen LogP contribution is -2.26. The van der Waals surface area contributed by atoms with E-state index in [0.29, 0.717) is 30.9 Å². The number of carbonyl (C=O) groups excluding carboxylic acids is 1. The van der Waals surface area contributed by atoms with Gasteiger partial charge in [0.25, 0.3) is 0 Å². The van der Waals surface area contributed by atoms with E-state index >= 15 is 0 Å². The third-order valence-electron chi connectivity index (χ3n) is 3.83. The maximum Gasteiger partial charge on any atom is 0.222 e. The smallest absolute Gasteiger partial charge is 0.222 e. The molecule has 0 atom stereocenters. The number of benzene rings is 2. The molecular weight excluding hydrogens is 370 g/mol. The van der Waals surface area contributed by atoms with Gasteiger partial charge in [-0.1, -0.05) is 34.1 Å². The van der Waals surface area contributed by atoms with Crippen molar-refractivity contribution in [2.45, 2.75) is 19.4 Å². The zero-order valence-corrected chi connectivity index (χ0v) is 15.8. The molecule has 0 heterocycles. The van der Waals surface area contributed by atoms with Crippen molar-refractivity contribution in [2.75, 3.05) is 21.3 Å². The molecule has 128 valence electrons. The van der Waals surface area contributed by atoms with Gasteiger partial charge in [0.1, 0.15) is 0 Å². The SMILES string of the molecule is COc1ccc(CCC(=O)N(C)Cc2ccc(Br)cc2)cc1OC. The molecule has 0 saturated carbocycles. The summed E-state index contributed by atoms with van der Waals surface area (Å²) in [5.41, 5.74) is 2.17. The Kier molecular flexibility index (Phi) is 6.67. The van der Waals surface area contributed by atoms with Gasteiger partial charge in [0, 0.05) is 24.5 Å². The van der Waals surface area contributed by atoms with E-state index in [9.17, 15) is 4.79 Å². The second kappa shape index (κ2) is 8.73. The minimum atomic E-state index is 0.118. The predicted molar refractivity (Wildman–Crippen MR) is 98.5 cm³/mol. The summed E-state index contributed by atoms with van der Waals surface area (Å²) in [7, 11) is 5.05. The van der Waals surface area contributed by atoms with Crippen LogP contribution in [0.5, 0.6) is 11.5 Å². The Balaban J connectivity index is 1.91. The van der Waals surface area contributed by atoms with Crippen molar-refractivity contribution in [3.05, 3.63) is 58.1 Å². The summed E-state index contributed by atoms with van der Waals surface area (Å²) >= 11 is 3.41. The molecule has 1 amide bonds. The van der Waals surface area contributed by atoms with E-state index in [0.717, 1.165) is 15.6 Å². The Morgan fingerprint density at radius 3 is 2.25 bits per heavy atom. The van der Waals surface area contributed by atoms with Crippen molar-refractivity contribution in [3.63, 3.8) is 0 Å². The predicted octanol–water partition coefficient (Wildman–Crippen LogP) is 4.06. The molecule has 0 aromatic heterocycles. The Hall–Kier alpha value is -2.01. The highest BCUT2D eigenvalue weighted by Crippen LogP contribution is 2.28. The van der Waals surface area contributed by atoms with Crippen molar-refractivity contribution in [3.8, 4) is 11.5 Å². The second-order valence-corrected chi connectivity index (χ2v) is 6.48. The normalized spacial score (nSPS) is 10.3. The Morgan fingerprint density at radius 2 is 1.62 bits per heavy atom. The number of aryl methyl sites for hydroxylation is 1. The zero-order chi connectivity index (χ0) is 17.5. The van der Waals surface area contributed by atoms with E-state index in [-0.39, 0.29) is 5.91 Å². The van der Waals surface area contributed by atoms with Gasteiger partial charge in [-0.05, 0) is 41.8 Å². The van der Waals surface area contributed by atoms with Crippen molar-refractivity contribution in [2.24, 2.45) is 0 Å². The topological polar surface area (TPSA) is 38.8 Å². The highest BCUT2D eigenvalue weighted by Gasteiger charge is 2.11. The maximum absolute atomic E-state index is 12.3. The molecule has 0 fully saturated rings. The number of hydrogen-bond donors (Lipinski definition) is 0. The number of carbonyl (C=O) groups is 1. The van der Waals surface area contributed by atoms with Crippen LogP contribution in [0.1, 0.15) is 17.5 Å². The largest absolute Gasteiger partial charge is 0.493 e. The molecule has 0 aliphatic carbocycles. The molecule has 0 unspecified atom stereocenters. The zero-order valence-electron chi connectivity index (χ0n) is 14.2. The summed E-state index contributed by atoms with van der Waals surface area (Å²) in [4.78, 5) is 14.1. The fourth-order valence-corrected chi connectivity index (χ4v) is 2.69. The van der Waals surface area contributed by atoms with Crippen LogP contribution in [0.3, 0.4) is 0 Å². The average molecular weight is 392 g/mol. The van der Waals surface area contributed by atoms with Crippen LogP contribution in [-0.2, 0) is 17.8 Å². The average Bonchev–Trinajstić information content (AvgIpc) is 2.61. The first kappa shape index (κ1) is 18.3. The van der Waals surface area contributed by atoms with E-state index in [1.54, 1.807) is 19.1 Å². The number of rotatable bonds is 7. The summed E-state index contributed by atoms with van der Waals surface area (Å²) in [6.07, 6.45) is 1.13. The molecule has 0 bridgehead atoms. The van der Waals surface area contributed by atoms with Gasteiger partial charge in [-0.3, -0.25) is 4.79 Å². The molecular formula is C19H22BrNO3. The molecule has 0 N–H and O–H groups in total. The fraction of sp³-hybridized carbons (Fsp3) is 0.316. The van der Waals surface area contributed by atoms with E-state index in [1.807, 2.05) is 49.5 Å². The molecule has 5 heteroatoms. The van der Waals surface area contributed by atoms with E-state index < -0.39 is 0 Å². The summed E-state index contributed by atoms with van der Waals surface area (Å²) in [5.74, 6) is 1.50. The first-order chi connectivity index (χ1) is 11.5. The van der Waals surface area contributed by atoms with Crippen LogP contribution in [0.15, 0.2) is 46.9 Å². The lowest BCUT2D eigenvalue weighted by molar-refractivity contribution is -0.130. The molecule has 0 radical (unpaired) electrons. The van der Waals surface area contributed by atoms with Crippen molar-refractivity contribution >= 4 is 21.8 Å². The molecule has 2 aromatic rings. The van der Waals surface area contributed by atoms with Crippen LogP contribution in [0.25, 0.3) is 0 Å². The molecule has 24 heavy (non-hydrogen) atoms. The summed E-state index contributed by atoms with van der Waals surface area (Å²) in [6.45, 7) is 0.609. The highest BCUT2D eigenvalue weighted by molar-refractivity contribution is 9.10. The minimum Gasteiger partial charge on any atom is -0.493 e. The van der Waals surface area contributed by atoms with E-state index in [4.69, 9.17) is 9.47 Å². The van der Waals surface area contributed by atoms with Crippen LogP contribution in [0.4, 0.5) is 0 Å². The Labute approximate surface area is 151 Å². The van der Waals surface area contributed by atoms with Gasteiger partial charge >= 0.3 is 0 Å². The van der Waals surface area contributed by atoms with Crippen LogP contribution in [0.2, 0.25) is 0 Å². The van der Waals surface area contributed by atoms with Gasteiger partial charge in [-0.25, -0.2) is 0 Å².